The van der Waals surface area contributed by atoms with Crippen LogP contribution >= 0.6 is 0 Å². The second kappa shape index (κ2) is 9.34. The summed E-state index contributed by atoms with van der Waals surface area (Å²) in [6.07, 6.45) is 3.42. The average molecular weight is 502 g/mol. The van der Waals surface area contributed by atoms with Crippen LogP contribution in [-0.4, -0.2) is 44.4 Å². The van der Waals surface area contributed by atoms with E-state index in [1.807, 2.05) is 6.92 Å². The van der Waals surface area contributed by atoms with Crippen LogP contribution in [0.3, 0.4) is 0 Å². The molecule has 0 radical (unpaired) electrons. The van der Waals surface area contributed by atoms with Crippen LogP contribution in [0.4, 0.5) is 20.6 Å². The molecule has 3 heterocycles. The molecule has 0 aliphatic carbocycles. The number of nitrogens with zero attached hydrogens (tertiary/aromatic N) is 6. The topological polar surface area (TPSA) is 119 Å². The second-order valence-corrected chi connectivity index (χ2v) is 8.58. The van der Waals surface area contributed by atoms with Crippen molar-refractivity contribution in [2.75, 3.05) is 22.9 Å². The van der Waals surface area contributed by atoms with Gasteiger partial charge >= 0.3 is 11.7 Å². The number of hydrogen-bond acceptors (Lipinski definition) is 5. The molecule has 4 aromatic rings. The smallest absolute Gasteiger partial charge is 0.350 e. The molecule has 0 spiro atoms. The predicted molar refractivity (Wildman–Crippen MR) is 136 cm³/mol. The quantitative estimate of drug-likeness (QED) is 0.436. The van der Waals surface area contributed by atoms with Crippen molar-refractivity contribution in [2.45, 2.75) is 13.3 Å². The monoisotopic (exact) mass is 501 g/mol. The third kappa shape index (κ3) is 4.14. The number of urea groups is 1. The number of amides is 3. The van der Waals surface area contributed by atoms with Gasteiger partial charge in [-0.2, -0.15) is 5.10 Å². The Labute approximate surface area is 211 Å². The minimum Gasteiger partial charge on any atom is -0.366 e. The van der Waals surface area contributed by atoms with Gasteiger partial charge in [-0.15, -0.1) is 0 Å². The summed E-state index contributed by atoms with van der Waals surface area (Å²) in [5.74, 6) is -1.11. The zero-order valence-electron chi connectivity index (χ0n) is 20.3. The zero-order chi connectivity index (χ0) is 26.3. The average Bonchev–Trinajstić information content (AvgIpc) is 3.45. The highest BCUT2D eigenvalue weighted by atomic mass is 19.1. The Morgan fingerprint density at radius 2 is 1.84 bits per heavy atom. The van der Waals surface area contributed by atoms with Crippen molar-refractivity contribution in [3.63, 3.8) is 0 Å². The minimum absolute atomic E-state index is 0.202. The molecule has 0 unspecified atom stereocenters. The summed E-state index contributed by atoms with van der Waals surface area (Å²) < 4.78 is 17.8. The highest BCUT2D eigenvalue weighted by Crippen LogP contribution is 2.36. The van der Waals surface area contributed by atoms with E-state index in [-0.39, 0.29) is 23.5 Å². The highest BCUT2D eigenvalue weighted by molar-refractivity contribution is 6.07. The van der Waals surface area contributed by atoms with E-state index < -0.39 is 17.8 Å². The molecule has 11 heteroatoms. The van der Waals surface area contributed by atoms with Crippen molar-refractivity contribution in [2.24, 2.45) is 12.8 Å². The van der Waals surface area contributed by atoms with Crippen molar-refractivity contribution in [1.82, 2.24) is 19.3 Å². The van der Waals surface area contributed by atoms with Crippen LogP contribution in [0.15, 0.2) is 65.8 Å². The number of aromatic nitrogens is 4. The number of nitrogens with two attached hydrogens (primary N) is 1. The number of carbonyl (C=O) groups is 2. The summed E-state index contributed by atoms with van der Waals surface area (Å²) in [5, 5.41) is 3.95. The lowest BCUT2D eigenvalue weighted by Gasteiger charge is -2.23. The van der Waals surface area contributed by atoms with Crippen molar-refractivity contribution >= 4 is 23.3 Å². The zero-order valence-corrected chi connectivity index (χ0v) is 20.3. The molecule has 0 atom stereocenters. The molecule has 1 aliphatic heterocycles. The lowest BCUT2D eigenvalue weighted by Crippen LogP contribution is -2.33. The van der Waals surface area contributed by atoms with E-state index in [2.05, 4.69) is 10.1 Å². The van der Waals surface area contributed by atoms with Gasteiger partial charge in [-0.05, 0) is 54.4 Å². The number of carbonyl (C=O) groups excluding carboxylic acids is 2. The molecular formula is C26H24FN7O3. The van der Waals surface area contributed by atoms with Crippen molar-refractivity contribution < 1.29 is 14.0 Å². The Bertz CT molecular complexity index is 1580. The Balaban J connectivity index is 1.50. The van der Waals surface area contributed by atoms with Crippen LogP contribution in [-0.2, 0) is 13.5 Å². The van der Waals surface area contributed by atoms with Crippen LogP contribution < -0.4 is 21.2 Å². The Morgan fingerprint density at radius 3 is 2.49 bits per heavy atom. The Morgan fingerprint density at radius 1 is 1.05 bits per heavy atom. The van der Waals surface area contributed by atoms with Gasteiger partial charge in [0.1, 0.15) is 12.1 Å². The molecule has 5 rings (SSSR count). The lowest BCUT2D eigenvalue weighted by atomic mass is 9.98. The molecule has 1 fully saturated rings. The van der Waals surface area contributed by atoms with Crippen molar-refractivity contribution in [3.05, 3.63) is 88.5 Å². The number of pyridine rings is 1. The minimum atomic E-state index is -0.593. The first kappa shape index (κ1) is 23.9. The first-order valence-electron chi connectivity index (χ1n) is 11.7. The van der Waals surface area contributed by atoms with E-state index >= 15 is 4.39 Å². The normalized spacial score (nSPS) is 13.4. The van der Waals surface area contributed by atoms with Gasteiger partial charge < -0.3 is 5.73 Å². The fourth-order valence-corrected chi connectivity index (χ4v) is 4.56. The van der Waals surface area contributed by atoms with E-state index in [0.29, 0.717) is 41.2 Å². The first-order valence-corrected chi connectivity index (χ1v) is 11.7. The maximum Gasteiger partial charge on any atom is 0.350 e. The van der Waals surface area contributed by atoms with E-state index in [9.17, 15) is 14.4 Å². The van der Waals surface area contributed by atoms with Crippen LogP contribution in [0, 0.1) is 5.82 Å². The van der Waals surface area contributed by atoms with Gasteiger partial charge in [-0.3, -0.25) is 19.6 Å². The summed E-state index contributed by atoms with van der Waals surface area (Å²) in [5.41, 5.74) is 8.54. The summed E-state index contributed by atoms with van der Waals surface area (Å²) in [6.45, 7) is 2.48. The molecule has 2 aromatic heterocycles. The van der Waals surface area contributed by atoms with Gasteiger partial charge in [-0.25, -0.2) is 23.2 Å². The lowest BCUT2D eigenvalue weighted by molar-refractivity contribution is 0.1000. The molecule has 0 bridgehead atoms. The highest BCUT2D eigenvalue weighted by Gasteiger charge is 2.34. The Kier molecular flexibility index (Phi) is 6.04. The maximum absolute atomic E-state index is 15.2. The molecule has 2 aromatic carbocycles. The molecule has 2 N–H and O–H groups in total. The molecule has 10 nitrogen and oxygen atoms in total. The van der Waals surface area contributed by atoms with Gasteiger partial charge in [0.25, 0.3) is 0 Å². The van der Waals surface area contributed by atoms with Crippen LogP contribution in [0.2, 0.25) is 0 Å². The number of aryl methyl sites for hydroxylation is 1. The fourth-order valence-electron chi connectivity index (χ4n) is 4.56. The number of benzene rings is 2. The molecule has 0 saturated carbocycles. The number of primary amides is 1. The van der Waals surface area contributed by atoms with Gasteiger partial charge in [0.15, 0.2) is 0 Å². The fraction of sp³-hybridized carbons (Fsp3) is 0.192. The number of anilines is 2. The largest absolute Gasteiger partial charge is 0.366 e. The molecule has 37 heavy (non-hydrogen) atoms. The number of hydrogen-bond donors (Lipinski definition) is 1. The second-order valence-electron chi connectivity index (χ2n) is 8.58. The van der Waals surface area contributed by atoms with E-state index in [4.69, 9.17) is 5.73 Å². The standard InChI is InChI=1S/C26H24FN7O3/c1-3-19-20(22-10-7-18(14-29-22)34-15-30-31(2)25(34)36)8-9-21(27)23(19)33-12-11-32(26(33)37)17-6-4-5-16(13-17)24(28)35/h4-10,13-15H,3,11-12H2,1-2H3,(H2,28,35). The number of rotatable bonds is 6. The molecular weight excluding hydrogens is 477 g/mol. The molecule has 1 saturated heterocycles. The van der Waals surface area contributed by atoms with Crippen LogP contribution in [0.25, 0.3) is 16.9 Å². The van der Waals surface area contributed by atoms with Gasteiger partial charge in [-0.1, -0.05) is 13.0 Å². The maximum atomic E-state index is 15.2. The van der Waals surface area contributed by atoms with E-state index in [1.165, 1.54) is 31.4 Å². The van der Waals surface area contributed by atoms with Gasteiger partial charge in [0.2, 0.25) is 5.91 Å². The van der Waals surface area contributed by atoms with E-state index in [1.54, 1.807) is 55.7 Å². The van der Waals surface area contributed by atoms with Gasteiger partial charge in [0.05, 0.1) is 23.3 Å². The third-order valence-corrected chi connectivity index (χ3v) is 6.43. The van der Waals surface area contributed by atoms with E-state index in [0.717, 1.165) is 0 Å². The molecule has 188 valence electrons. The summed E-state index contributed by atoms with van der Waals surface area (Å²) in [7, 11) is 1.56. The SMILES string of the molecule is CCc1c(-c2ccc(-n3cnn(C)c3=O)cn2)ccc(F)c1N1CCN(c2cccc(C(N)=O)c2)C1=O. The predicted octanol–water partition coefficient (Wildman–Crippen LogP) is 2.88. The molecule has 1 aliphatic rings. The van der Waals surface area contributed by atoms with Crippen molar-refractivity contribution in [1.29, 1.82) is 0 Å². The van der Waals surface area contributed by atoms with Gasteiger partial charge in [0, 0.05) is 37.0 Å². The number of halogens is 1. The summed E-state index contributed by atoms with van der Waals surface area (Å²) in [4.78, 5) is 44.6. The van der Waals surface area contributed by atoms with Crippen LogP contribution in [0.5, 0.6) is 0 Å². The molecule has 3 amide bonds. The first-order chi connectivity index (χ1) is 17.8. The third-order valence-electron chi connectivity index (χ3n) is 6.43. The Hall–Kier alpha value is -4.80. The van der Waals surface area contributed by atoms with Crippen molar-refractivity contribution in [3.8, 4) is 16.9 Å². The summed E-state index contributed by atoms with van der Waals surface area (Å²) in [6, 6.07) is 12.5. The van der Waals surface area contributed by atoms with Crippen LogP contribution in [0.1, 0.15) is 22.8 Å². The summed E-state index contributed by atoms with van der Waals surface area (Å²) >= 11 is 0.